The van der Waals surface area contributed by atoms with Crippen LogP contribution < -0.4 is 21.3 Å². The minimum atomic E-state index is -0.787. The van der Waals surface area contributed by atoms with Crippen LogP contribution in [0.5, 0.6) is 0 Å². The number of hydrogen-bond donors (Lipinski definition) is 4. The molecule has 0 unspecified atom stereocenters. The minimum Gasteiger partial charge on any atom is -0.357 e. The highest BCUT2D eigenvalue weighted by Gasteiger charge is 2.54. The van der Waals surface area contributed by atoms with Crippen molar-refractivity contribution in [2.45, 2.75) is 56.1 Å². The van der Waals surface area contributed by atoms with Crippen molar-refractivity contribution in [3.8, 4) is 0 Å². The molecule has 1 fully saturated rings. The molecule has 8 nitrogen and oxygen atoms in total. The summed E-state index contributed by atoms with van der Waals surface area (Å²) in [5.74, 6) is -1.86. The molecule has 1 saturated carbocycles. The van der Waals surface area contributed by atoms with Crippen LogP contribution in [0.1, 0.15) is 47.4 Å². The van der Waals surface area contributed by atoms with Crippen molar-refractivity contribution < 1.29 is 19.2 Å². The van der Waals surface area contributed by atoms with Crippen molar-refractivity contribution in [2.75, 3.05) is 7.05 Å². The van der Waals surface area contributed by atoms with Gasteiger partial charge < -0.3 is 21.3 Å². The summed E-state index contributed by atoms with van der Waals surface area (Å²) in [5.41, 5.74) is 4.11. The first-order chi connectivity index (χ1) is 19.9. The Morgan fingerprint density at radius 3 is 1.76 bits per heavy atom. The smallest absolute Gasteiger partial charge is 0.243 e. The van der Waals surface area contributed by atoms with E-state index in [2.05, 4.69) is 27.3 Å². The SMILES string of the molecule is CNC(=O)[C@H](Cc1ccccc1)NC(=O)[C@@H]1[C@H](NC(=O)[C@@H](Cc2ccccc2)NC(C)=O)[C@H]2C[C@@H]1c1ccccc12. The standard InChI is InChI=1S/C33H36N4O4/c1-20(38)35-28(18-22-13-7-4-8-14-22)32(40)37-30-26-19-25(23-15-9-10-16-24(23)26)29(30)33(41)36-27(31(39)34-2)17-21-11-5-3-6-12-21/h3-16,25-30H,17-19H2,1-2H3,(H,34,39)(H,35,38)(H,36,41)(H,37,40)/t25-,26+,27+,28-,29+,30-/m1/s1. The van der Waals surface area contributed by atoms with Gasteiger partial charge in [-0.2, -0.15) is 0 Å². The third-order valence-corrected chi connectivity index (χ3v) is 8.31. The van der Waals surface area contributed by atoms with E-state index in [1.54, 1.807) is 7.05 Å². The van der Waals surface area contributed by atoms with Crippen LogP contribution in [0.2, 0.25) is 0 Å². The van der Waals surface area contributed by atoms with E-state index in [1.165, 1.54) is 6.92 Å². The fourth-order valence-corrected chi connectivity index (χ4v) is 6.50. The Bertz CT molecular complexity index is 1410. The predicted octanol–water partition coefficient (Wildman–Crippen LogP) is 2.59. The average Bonchev–Trinajstić information content (AvgIpc) is 3.54. The molecule has 2 bridgehead atoms. The van der Waals surface area contributed by atoms with E-state index in [4.69, 9.17) is 0 Å². The predicted molar refractivity (Wildman–Crippen MR) is 156 cm³/mol. The zero-order chi connectivity index (χ0) is 28.9. The van der Waals surface area contributed by atoms with E-state index in [-0.39, 0.29) is 35.5 Å². The topological polar surface area (TPSA) is 116 Å². The maximum absolute atomic E-state index is 14.0. The molecule has 4 amide bonds. The number of carbonyl (C=O) groups is 4. The van der Waals surface area contributed by atoms with Crippen LogP contribution >= 0.6 is 0 Å². The summed E-state index contributed by atoms with van der Waals surface area (Å²) in [4.78, 5) is 52.5. The van der Waals surface area contributed by atoms with Gasteiger partial charge in [-0.15, -0.1) is 0 Å². The number of hydrogen-bond acceptors (Lipinski definition) is 4. The van der Waals surface area contributed by atoms with Gasteiger partial charge in [-0.3, -0.25) is 19.2 Å². The van der Waals surface area contributed by atoms with Crippen molar-refractivity contribution in [2.24, 2.45) is 5.92 Å². The first-order valence-corrected chi connectivity index (χ1v) is 14.1. The summed E-state index contributed by atoms with van der Waals surface area (Å²) < 4.78 is 0. The molecule has 212 valence electrons. The molecule has 6 atom stereocenters. The molecule has 5 rings (SSSR count). The van der Waals surface area contributed by atoms with Crippen molar-refractivity contribution in [1.29, 1.82) is 0 Å². The van der Waals surface area contributed by atoms with Crippen LogP contribution in [0.25, 0.3) is 0 Å². The Morgan fingerprint density at radius 2 is 1.22 bits per heavy atom. The molecule has 4 N–H and O–H groups in total. The van der Waals surface area contributed by atoms with Gasteiger partial charge >= 0.3 is 0 Å². The number of benzene rings is 3. The first-order valence-electron chi connectivity index (χ1n) is 14.1. The molecule has 8 heteroatoms. The Kier molecular flexibility index (Phi) is 8.47. The number of likely N-dealkylation sites (N-methyl/N-ethyl adjacent to an activating group) is 1. The Hall–Kier alpha value is -4.46. The fourth-order valence-electron chi connectivity index (χ4n) is 6.50. The molecule has 41 heavy (non-hydrogen) atoms. The molecule has 2 aliphatic rings. The van der Waals surface area contributed by atoms with Crippen LogP contribution in [0.15, 0.2) is 84.9 Å². The molecule has 0 spiro atoms. The lowest BCUT2D eigenvalue weighted by Crippen LogP contribution is -2.57. The van der Waals surface area contributed by atoms with Gasteiger partial charge in [0.25, 0.3) is 0 Å². The van der Waals surface area contributed by atoms with E-state index in [9.17, 15) is 19.2 Å². The van der Waals surface area contributed by atoms with Gasteiger partial charge in [-0.1, -0.05) is 84.9 Å². The Labute approximate surface area is 240 Å². The molecule has 0 radical (unpaired) electrons. The third kappa shape index (κ3) is 6.16. The van der Waals surface area contributed by atoms with Crippen LogP contribution in [-0.2, 0) is 32.0 Å². The van der Waals surface area contributed by atoms with Gasteiger partial charge in [0.2, 0.25) is 23.6 Å². The third-order valence-electron chi connectivity index (χ3n) is 8.31. The van der Waals surface area contributed by atoms with Crippen LogP contribution in [-0.4, -0.2) is 48.8 Å². The summed E-state index contributed by atoms with van der Waals surface area (Å²) in [5, 5.41) is 11.6. The van der Waals surface area contributed by atoms with Gasteiger partial charge in [0.15, 0.2) is 0 Å². The van der Waals surface area contributed by atoms with Crippen LogP contribution in [0.3, 0.4) is 0 Å². The fraction of sp³-hybridized carbons (Fsp3) is 0.333. The second-order valence-electron chi connectivity index (χ2n) is 10.9. The lowest BCUT2D eigenvalue weighted by Gasteiger charge is -2.34. The summed E-state index contributed by atoms with van der Waals surface area (Å²) in [6, 6.07) is 25.1. The van der Waals surface area contributed by atoms with Crippen LogP contribution in [0, 0.1) is 5.92 Å². The highest BCUT2D eigenvalue weighted by molar-refractivity contribution is 5.91. The number of rotatable bonds is 10. The van der Waals surface area contributed by atoms with E-state index >= 15 is 0 Å². The van der Waals surface area contributed by atoms with Crippen molar-refractivity contribution in [3.05, 3.63) is 107 Å². The zero-order valence-electron chi connectivity index (χ0n) is 23.3. The number of carbonyl (C=O) groups excluding carboxylic acids is 4. The molecule has 0 aromatic heterocycles. The Balaban J connectivity index is 1.40. The van der Waals surface area contributed by atoms with E-state index in [1.807, 2.05) is 78.9 Å². The summed E-state index contributed by atoms with van der Waals surface area (Å²) >= 11 is 0. The zero-order valence-corrected chi connectivity index (χ0v) is 23.3. The minimum absolute atomic E-state index is 0.0434. The van der Waals surface area contributed by atoms with E-state index in [0.29, 0.717) is 12.8 Å². The molecule has 0 saturated heterocycles. The largest absolute Gasteiger partial charge is 0.357 e. The molecular formula is C33H36N4O4. The summed E-state index contributed by atoms with van der Waals surface area (Å²) in [6.07, 6.45) is 1.41. The molecule has 2 aliphatic carbocycles. The molecular weight excluding hydrogens is 516 g/mol. The van der Waals surface area contributed by atoms with Gasteiger partial charge in [0.05, 0.1) is 5.92 Å². The van der Waals surface area contributed by atoms with Crippen LogP contribution in [0.4, 0.5) is 0 Å². The molecule has 0 heterocycles. The second kappa shape index (κ2) is 12.4. The average molecular weight is 553 g/mol. The van der Waals surface area contributed by atoms with Gasteiger partial charge in [-0.25, -0.2) is 0 Å². The lowest BCUT2D eigenvalue weighted by molar-refractivity contribution is -0.133. The van der Waals surface area contributed by atoms with Crippen molar-refractivity contribution >= 4 is 23.6 Å². The van der Waals surface area contributed by atoms with Crippen molar-refractivity contribution in [1.82, 2.24) is 21.3 Å². The monoisotopic (exact) mass is 552 g/mol. The molecule has 3 aromatic rings. The number of fused-ring (bicyclic) bond motifs is 5. The van der Waals surface area contributed by atoms with E-state index in [0.717, 1.165) is 28.7 Å². The van der Waals surface area contributed by atoms with Gasteiger partial charge in [0, 0.05) is 38.8 Å². The highest BCUT2D eigenvalue weighted by Crippen LogP contribution is 2.56. The maximum atomic E-state index is 14.0. The summed E-state index contributed by atoms with van der Waals surface area (Å²) in [6.45, 7) is 1.39. The van der Waals surface area contributed by atoms with E-state index < -0.39 is 24.0 Å². The lowest BCUT2D eigenvalue weighted by atomic mass is 9.79. The van der Waals surface area contributed by atoms with Crippen molar-refractivity contribution in [3.63, 3.8) is 0 Å². The molecule has 3 aromatic carbocycles. The quantitative estimate of drug-likeness (QED) is 0.309. The molecule has 0 aliphatic heterocycles. The van der Waals surface area contributed by atoms with Gasteiger partial charge in [0.1, 0.15) is 12.1 Å². The maximum Gasteiger partial charge on any atom is 0.243 e. The first kappa shape index (κ1) is 28.1. The number of amides is 4. The second-order valence-corrected chi connectivity index (χ2v) is 10.9. The number of nitrogens with one attached hydrogen (secondary N) is 4. The van der Waals surface area contributed by atoms with Gasteiger partial charge in [-0.05, 0) is 34.6 Å². The Morgan fingerprint density at radius 1 is 0.707 bits per heavy atom. The highest BCUT2D eigenvalue weighted by atomic mass is 16.2. The normalized spacial score (nSPS) is 21.7. The summed E-state index contributed by atoms with van der Waals surface area (Å²) in [7, 11) is 1.55.